The van der Waals surface area contributed by atoms with Gasteiger partial charge in [-0.3, -0.25) is 9.59 Å². The summed E-state index contributed by atoms with van der Waals surface area (Å²) in [4.78, 5) is 37.4. The largest absolute Gasteiger partial charge is 0.364 e. The van der Waals surface area contributed by atoms with Crippen molar-refractivity contribution in [3.8, 4) is 11.3 Å². The fraction of sp³-hybridized carbons (Fsp3) is 0.393. The Labute approximate surface area is 212 Å². The predicted octanol–water partition coefficient (Wildman–Crippen LogP) is 3.34. The SMILES string of the molecule is C/C=C\c1c(CC(NC(=O)C2CCNCC2)C(=O)NCc2ncc(-c3ccccc3)[nH]2)c[nH]c1CC. The number of rotatable bonds is 10. The number of aromatic nitrogens is 3. The first-order chi connectivity index (χ1) is 17.6. The van der Waals surface area contributed by atoms with Crippen LogP contribution in [0.4, 0.5) is 0 Å². The van der Waals surface area contributed by atoms with Crippen molar-refractivity contribution in [1.82, 2.24) is 30.9 Å². The molecule has 5 N–H and O–H groups in total. The minimum Gasteiger partial charge on any atom is -0.364 e. The molecule has 2 amide bonds. The minimum absolute atomic E-state index is 0.0557. The molecule has 0 radical (unpaired) electrons. The molecule has 8 nitrogen and oxygen atoms in total. The number of H-pyrrole nitrogens is 2. The van der Waals surface area contributed by atoms with Gasteiger partial charge in [0.05, 0.1) is 18.4 Å². The van der Waals surface area contributed by atoms with Gasteiger partial charge in [-0.1, -0.05) is 49.4 Å². The van der Waals surface area contributed by atoms with Gasteiger partial charge in [0.25, 0.3) is 0 Å². The van der Waals surface area contributed by atoms with E-state index in [1.807, 2.05) is 49.5 Å². The first-order valence-corrected chi connectivity index (χ1v) is 12.8. The van der Waals surface area contributed by atoms with Crippen molar-refractivity contribution in [3.63, 3.8) is 0 Å². The number of allylic oxidation sites excluding steroid dienone is 1. The van der Waals surface area contributed by atoms with E-state index in [1.54, 1.807) is 6.20 Å². The molecule has 4 rings (SSSR count). The van der Waals surface area contributed by atoms with Crippen LogP contribution < -0.4 is 16.0 Å². The Morgan fingerprint density at radius 3 is 2.69 bits per heavy atom. The average molecular weight is 489 g/mol. The number of hydrogen-bond acceptors (Lipinski definition) is 4. The number of benzene rings is 1. The second kappa shape index (κ2) is 12.4. The summed E-state index contributed by atoms with van der Waals surface area (Å²) in [6.45, 7) is 5.96. The van der Waals surface area contributed by atoms with Gasteiger partial charge < -0.3 is 25.9 Å². The van der Waals surface area contributed by atoms with E-state index in [0.717, 1.165) is 60.4 Å². The maximum atomic E-state index is 13.4. The van der Waals surface area contributed by atoms with Crippen LogP contribution in [0.3, 0.4) is 0 Å². The molecule has 36 heavy (non-hydrogen) atoms. The Balaban J connectivity index is 1.47. The molecule has 0 aliphatic carbocycles. The van der Waals surface area contributed by atoms with Gasteiger partial charge in [-0.2, -0.15) is 0 Å². The van der Waals surface area contributed by atoms with E-state index in [1.165, 1.54) is 0 Å². The standard InChI is InChI=1S/C28H36N6O2/c1-3-8-22-21(16-30-23(22)4-2)15-24(34-27(35)20-11-13-29-14-12-20)28(36)32-18-26-31-17-25(33-26)19-9-6-5-7-10-19/h3,5-10,16-17,20,24,29-30H,4,11-15,18H2,1-2H3,(H,31,33)(H,32,36)(H,34,35)/b8-3-. The van der Waals surface area contributed by atoms with E-state index < -0.39 is 6.04 Å². The zero-order valence-electron chi connectivity index (χ0n) is 21.1. The molecule has 1 aliphatic heterocycles. The van der Waals surface area contributed by atoms with Crippen molar-refractivity contribution >= 4 is 17.9 Å². The summed E-state index contributed by atoms with van der Waals surface area (Å²) in [5.74, 6) is 0.308. The number of carbonyl (C=O) groups is 2. The quantitative estimate of drug-likeness (QED) is 0.301. The topological polar surface area (TPSA) is 115 Å². The third-order valence-corrected chi connectivity index (χ3v) is 6.69. The van der Waals surface area contributed by atoms with Gasteiger partial charge in [-0.25, -0.2) is 4.98 Å². The molecule has 1 saturated heterocycles. The van der Waals surface area contributed by atoms with Crippen LogP contribution in [0.1, 0.15) is 49.3 Å². The van der Waals surface area contributed by atoms with Crippen LogP contribution in [0.5, 0.6) is 0 Å². The van der Waals surface area contributed by atoms with Crippen molar-refractivity contribution in [2.45, 2.75) is 52.1 Å². The Kier molecular flexibility index (Phi) is 8.73. The highest BCUT2D eigenvalue weighted by Crippen LogP contribution is 2.20. The smallest absolute Gasteiger partial charge is 0.243 e. The lowest BCUT2D eigenvalue weighted by Gasteiger charge is -2.25. The Bertz CT molecular complexity index is 1170. The minimum atomic E-state index is -0.680. The number of piperidine rings is 1. The molecule has 1 aliphatic rings. The molecular weight excluding hydrogens is 452 g/mol. The van der Waals surface area contributed by atoms with Crippen molar-refractivity contribution in [2.24, 2.45) is 5.92 Å². The lowest BCUT2D eigenvalue weighted by Crippen LogP contribution is -2.50. The number of nitrogens with zero attached hydrogens (tertiary/aromatic N) is 1. The van der Waals surface area contributed by atoms with Gasteiger partial charge in [0.2, 0.25) is 11.8 Å². The molecule has 1 aromatic carbocycles. The van der Waals surface area contributed by atoms with Gasteiger partial charge in [0, 0.05) is 24.2 Å². The third kappa shape index (κ3) is 6.31. The number of carbonyl (C=O) groups excluding carboxylic acids is 2. The lowest BCUT2D eigenvalue weighted by molar-refractivity contribution is -0.131. The van der Waals surface area contributed by atoms with E-state index in [4.69, 9.17) is 0 Å². The molecule has 0 spiro atoms. The highest BCUT2D eigenvalue weighted by Gasteiger charge is 2.28. The molecule has 1 unspecified atom stereocenters. The van der Waals surface area contributed by atoms with Crippen LogP contribution in [0, 0.1) is 5.92 Å². The highest BCUT2D eigenvalue weighted by atomic mass is 16.2. The van der Waals surface area contributed by atoms with E-state index in [-0.39, 0.29) is 24.3 Å². The summed E-state index contributed by atoms with van der Waals surface area (Å²) < 4.78 is 0. The first kappa shape index (κ1) is 25.4. The highest BCUT2D eigenvalue weighted by molar-refractivity contribution is 5.89. The molecule has 190 valence electrons. The number of nitrogens with one attached hydrogen (secondary N) is 5. The van der Waals surface area contributed by atoms with Crippen molar-refractivity contribution in [1.29, 1.82) is 0 Å². The fourth-order valence-corrected chi connectivity index (χ4v) is 4.67. The Morgan fingerprint density at radius 2 is 1.97 bits per heavy atom. The Hall–Kier alpha value is -3.65. The van der Waals surface area contributed by atoms with Crippen LogP contribution >= 0.6 is 0 Å². The molecule has 1 fully saturated rings. The number of aryl methyl sites for hydroxylation is 1. The van der Waals surface area contributed by atoms with E-state index >= 15 is 0 Å². The number of amides is 2. The van der Waals surface area contributed by atoms with Gasteiger partial charge in [-0.05, 0) is 56.0 Å². The van der Waals surface area contributed by atoms with Gasteiger partial charge in [-0.15, -0.1) is 0 Å². The average Bonchev–Trinajstić information content (AvgIpc) is 3.55. The maximum Gasteiger partial charge on any atom is 0.243 e. The monoisotopic (exact) mass is 488 g/mol. The molecule has 0 bridgehead atoms. The van der Waals surface area contributed by atoms with Crippen molar-refractivity contribution in [3.05, 3.63) is 71.4 Å². The zero-order chi connectivity index (χ0) is 25.3. The van der Waals surface area contributed by atoms with Crippen LogP contribution in [0.2, 0.25) is 0 Å². The number of hydrogen-bond donors (Lipinski definition) is 5. The zero-order valence-corrected chi connectivity index (χ0v) is 21.1. The summed E-state index contributed by atoms with van der Waals surface area (Å²) in [6, 6.07) is 9.24. The molecule has 0 saturated carbocycles. The Morgan fingerprint density at radius 1 is 1.19 bits per heavy atom. The second-order valence-corrected chi connectivity index (χ2v) is 9.18. The molecule has 8 heteroatoms. The van der Waals surface area contributed by atoms with Crippen molar-refractivity contribution < 1.29 is 9.59 Å². The molecule has 1 atom stereocenters. The van der Waals surface area contributed by atoms with Gasteiger partial charge in [0.1, 0.15) is 11.9 Å². The summed E-state index contributed by atoms with van der Waals surface area (Å²) >= 11 is 0. The lowest BCUT2D eigenvalue weighted by atomic mass is 9.95. The maximum absolute atomic E-state index is 13.4. The summed E-state index contributed by atoms with van der Waals surface area (Å²) in [7, 11) is 0. The summed E-state index contributed by atoms with van der Waals surface area (Å²) in [5.41, 5.74) is 5.15. The van der Waals surface area contributed by atoms with Crippen LogP contribution in [0.25, 0.3) is 17.3 Å². The normalized spacial score (nSPS) is 15.2. The van der Waals surface area contributed by atoms with E-state index in [2.05, 4.69) is 43.9 Å². The molecule has 3 aromatic rings. The number of aromatic amines is 2. The van der Waals surface area contributed by atoms with Crippen LogP contribution in [0.15, 0.2) is 48.8 Å². The third-order valence-electron chi connectivity index (χ3n) is 6.69. The van der Waals surface area contributed by atoms with Gasteiger partial charge >= 0.3 is 0 Å². The van der Waals surface area contributed by atoms with Crippen molar-refractivity contribution in [2.75, 3.05) is 13.1 Å². The van der Waals surface area contributed by atoms with E-state index in [9.17, 15) is 9.59 Å². The predicted molar refractivity (Wildman–Crippen MR) is 142 cm³/mol. The fourth-order valence-electron chi connectivity index (χ4n) is 4.67. The first-order valence-electron chi connectivity index (χ1n) is 12.8. The molecule has 2 aromatic heterocycles. The van der Waals surface area contributed by atoms with Crippen LogP contribution in [-0.2, 0) is 29.0 Å². The molecule has 3 heterocycles. The van der Waals surface area contributed by atoms with E-state index in [0.29, 0.717) is 12.2 Å². The summed E-state index contributed by atoms with van der Waals surface area (Å²) in [5, 5.41) is 9.32. The number of imidazole rings is 1. The summed E-state index contributed by atoms with van der Waals surface area (Å²) in [6.07, 6.45) is 10.6. The van der Waals surface area contributed by atoms with Crippen LogP contribution in [-0.4, -0.2) is 45.9 Å². The van der Waals surface area contributed by atoms with Gasteiger partial charge in [0.15, 0.2) is 0 Å². The second-order valence-electron chi connectivity index (χ2n) is 9.18. The molecular formula is C28H36N6O2.